The number of piperidine rings is 1. The van der Waals surface area contributed by atoms with Crippen LogP contribution in [0.4, 0.5) is 8.78 Å². The number of amides is 1. The molecule has 2 aliphatic heterocycles. The molecule has 1 saturated carbocycles. The van der Waals surface area contributed by atoms with Crippen LogP contribution < -0.4 is 4.74 Å². The lowest BCUT2D eigenvalue weighted by Crippen LogP contribution is -2.78. The molecule has 194 valence electrons. The van der Waals surface area contributed by atoms with Crippen LogP contribution in [0.15, 0.2) is 49.1 Å². The van der Waals surface area contributed by atoms with Gasteiger partial charge in [-0.25, -0.2) is 8.78 Å². The van der Waals surface area contributed by atoms with Crippen molar-refractivity contribution in [2.75, 3.05) is 20.1 Å². The molecule has 8 heteroatoms. The van der Waals surface area contributed by atoms with Crippen molar-refractivity contribution in [1.29, 1.82) is 0 Å². The number of carbonyl (C=O) groups is 1. The van der Waals surface area contributed by atoms with E-state index in [1.54, 1.807) is 18.0 Å². The first-order chi connectivity index (χ1) is 17.7. The minimum atomic E-state index is -1.08. The van der Waals surface area contributed by atoms with E-state index >= 15 is 0 Å². The van der Waals surface area contributed by atoms with Crippen LogP contribution in [0.25, 0.3) is 6.08 Å². The molecule has 6 rings (SSSR count). The number of phenolic OH excluding ortho intramolecular Hbond substituents is 1. The summed E-state index contributed by atoms with van der Waals surface area (Å²) in [4.78, 5) is 17.1. The average molecular weight is 509 g/mol. The van der Waals surface area contributed by atoms with Crippen molar-refractivity contribution in [3.05, 3.63) is 77.4 Å². The van der Waals surface area contributed by atoms with E-state index in [2.05, 4.69) is 11.5 Å². The van der Waals surface area contributed by atoms with Gasteiger partial charge >= 0.3 is 0 Å². The summed E-state index contributed by atoms with van der Waals surface area (Å²) in [6.07, 6.45) is 6.41. The van der Waals surface area contributed by atoms with Gasteiger partial charge in [0.2, 0.25) is 5.91 Å². The Morgan fingerprint density at radius 3 is 2.84 bits per heavy atom. The van der Waals surface area contributed by atoms with Gasteiger partial charge in [-0.05, 0) is 67.6 Å². The smallest absolute Gasteiger partial charge is 0.246 e. The second-order valence-electron chi connectivity index (χ2n) is 10.7. The summed E-state index contributed by atoms with van der Waals surface area (Å²) in [7, 11) is 1.70. The van der Waals surface area contributed by atoms with E-state index < -0.39 is 28.8 Å². The first-order valence-corrected chi connectivity index (χ1v) is 12.7. The maximum atomic E-state index is 13.6. The van der Waals surface area contributed by atoms with Crippen LogP contribution in [0.3, 0.4) is 0 Å². The fraction of sp³-hybridized carbons (Fsp3) is 0.414. The Morgan fingerprint density at radius 2 is 2.08 bits per heavy atom. The number of nitrogens with zero attached hydrogens (tertiary/aromatic N) is 2. The van der Waals surface area contributed by atoms with Crippen LogP contribution in [0.5, 0.6) is 11.5 Å². The molecule has 0 radical (unpaired) electrons. The molecule has 1 saturated heterocycles. The van der Waals surface area contributed by atoms with Gasteiger partial charge in [-0.3, -0.25) is 9.69 Å². The number of likely N-dealkylation sites (tertiary alicyclic amines) is 1. The van der Waals surface area contributed by atoms with Crippen molar-refractivity contribution < 1.29 is 28.5 Å². The van der Waals surface area contributed by atoms with E-state index in [9.17, 15) is 23.8 Å². The van der Waals surface area contributed by atoms with Crippen molar-refractivity contribution >= 4 is 12.0 Å². The van der Waals surface area contributed by atoms with Gasteiger partial charge in [0, 0.05) is 31.3 Å². The fourth-order valence-corrected chi connectivity index (χ4v) is 7.45. The Kier molecular flexibility index (Phi) is 5.47. The number of aromatic hydroxyl groups is 1. The zero-order chi connectivity index (χ0) is 26.1. The van der Waals surface area contributed by atoms with Crippen LogP contribution in [0.2, 0.25) is 0 Å². The van der Waals surface area contributed by atoms with Crippen LogP contribution >= 0.6 is 0 Å². The number of benzene rings is 2. The monoisotopic (exact) mass is 508 g/mol. The zero-order valence-corrected chi connectivity index (χ0v) is 20.7. The molecule has 2 N–H and O–H groups in total. The highest BCUT2D eigenvalue weighted by atomic mass is 19.2. The number of likely N-dealkylation sites (N-methyl/N-ethyl adjacent to an activating group) is 1. The first kappa shape index (κ1) is 24.1. The average Bonchev–Trinajstić information content (AvgIpc) is 3.23. The third-order valence-electron chi connectivity index (χ3n) is 9.11. The van der Waals surface area contributed by atoms with E-state index in [0.29, 0.717) is 43.5 Å². The SMILES string of the molecule is C=CCN1CC[C@]23c4c5ccc(O)c4OC2C(N(C)C(=O)/C=C/c2ccc(F)c(F)c2)CC[C@@]3(O)[C@H]1C5. The molecule has 37 heavy (non-hydrogen) atoms. The Morgan fingerprint density at radius 1 is 1.27 bits per heavy atom. The van der Waals surface area contributed by atoms with Crippen LogP contribution in [-0.2, 0) is 16.6 Å². The molecule has 2 aliphatic carbocycles. The van der Waals surface area contributed by atoms with E-state index in [1.165, 1.54) is 18.2 Å². The summed E-state index contributed by atoms with van der Waals surface area (Å²) in [5, 5.41) is 23.2. The van der Waals surface area contributed by atoms with Gasteiger partial charge in [-0.1, -0.05) is 18.2 Å². The second-order valence-corrected chi connectivity index (χ2v) is 10.7. The van der Waals surface area contributed by atoms with Gasteiger partial charge in [-0.15, -0.1) is 6.58 Å². The Balaban J connectivity index is 1.36. The largest absolute Gasteiger partial charge is 0.504 e. The molecule has 1 spiro atoms. The molecular weight excluding hydrogens is 478 g/mol. The van der Waals surface area contributed by atoms with E-state index in [-0.39, 0.29) is 23.7 Å². The standard InChI is InChI=1S/C29H30F2N2O4/c1-3-13-33-14-12-28-25-18-6-8-22(34)26(25)37-27(28)21(10-11-29(28,36)23(33)16-18)32(2)24(35)9-5-17-4-7-19(30)20(31)15-17/h3-9,15,21,23,27,34,36H,1,10-14,16H2,2H3/b9-5+/t21?,23-,27?,28+,29-/m1/s1. The summed E-state index contributed by atoms with van der Waals surface area (Å²) >= 11 is 0. The Bertz CT molecular complexity index is 1330. The number of hydrogen-bond acceptors (Lipinski definition) is 5. The van der Waals surface area contributed by atoms with Gasteiger partial charge in [0.05, 0.1) is 17.1 Å². The molecule has 2 unspecified atom stereocenters. The normalized spacial score (nSPS) is 31.6. The molecular formula is C29H30F2N2O4. The summed E-state index contributed by atoms with van der Waals surface area (Å²) in [6.45, 7) is 5.31. The van der Waals surface area contributed by atoms with Crippen LogP contribution in [0.1, 0.15) is 36.0 Å². The molecule has 2 fully saturated rings. The number of aliphatic hydroxyl groups is 1. The number of carbonyl (C=O) groups excluding carboxylic acids is 1. The molecule has 2 bridgehead atoms. The molecule has 1 amide bonds. The number of halogens is 2. The Labute approximate surface area is 214 Å². The van der Waals surface area contributed by atoms with Crippen LogP contribution in [-0.4, -0.2) is 69.8 Å². The number of phenols is 1. The lowest BCUT2D eigenvalue weighted by Gasteiger charge is -2.64. The summed E-state index contributed by atoms with van der Waals surface area (Å²) < 4.78 is 33.3. The minimum absolute atomic E-state index is 0.0443. The van der Waals surface area contributed by atoms with Gasteiger partial charge in [-0.2, -0.15) is 0 Å². The zero-order valence-electron chi connectivity index (χ0n) is 20.7. The molecule has 5 atom stereocenters. The Hall–Kier alpha value is -3.23. The van der Waals surface area contributed by atoms with Gasteiger partial charge in [0.25, 0.3) is 0 Å². The highest BCUT2D eigenvalue weighted by molar-refractivity contribution is 5.92. The van der Waals surface area contributed by atoms with E-state index in [0.717, 1.165) is 29.8 Å². The van der Waals surface area contributed by atoms with Gasteiger partial charge in [0.15, 0.2) is 23.1 Å². The minimum Gasteiger partial charge on any atom is -0.504 e. The van der Waals surface area contributed by atoms with Crippen molar-refractivity contribution in [3.8, 4) is 11.5 Å². The van der Waals surface area contributed by atoms with Gasteiger partial charge < -0.3 is 19.8 Å². The highest BCUT2D eigenvalue weighted by Gasteiger charge is 2.73. The summed E-state index contributed by atoms with van der Waals surface area (Å²) in [6, 6.07) is 6.57. The second kappa shape index (κ2) is 8.39. The fourth-order valence-electron chi connectivity index (χ4n) is 7.45. The summed E-state index contributed by atoms with van der Waals surface area (Å²) in [5.74, 6) is -1.77. The summed E-state index contributed by atoms with van der Waals surface area (Å²) in [5.41, 5.74) is 0.496. The van der Waals surface area contributed by atoms with Gasteiger partial charge in [0.1, 0.15) is 6.10 Å². The lowest BCUT2D eigenvalue weighted by atomic mass is 9.48. The lowest BCUT2D eigenvalue weighted by molar-refractivity contribution is -0.198. The molecule has 2 aromatic rings. The van der Waals surface area contributed by atoms with E-state index in [4.69, 9.17) is 4.74 Å². The number of ether oxygens (including phenoxy) is 1. The predicted octanol–water partition coefficient (Wildman–Crippen LogP) is 3.55. The molecule has 0 aromatic heterocycles. The topological polar surface area (TPSA) is 73.2 Å². The molecule has 2 heterocycles. The quantitative estimate of drug-likeness (QED) is 0.478. The van der Waals surface area contributed by atoms with E-state index in [1.807, 2.05) is 12.1 Å². The van der Waals surface area contributed by atoms with Crippen molar-refractivity contribution in [1.82, 2.24) is 9.80 Å². The van der Waals surface area contributed by atoms with Crippen LogP contribution in [0, 0.1) is 11.6 Å². The van der Waals surface area contributed by atoms with Crippen molar-refractivity contribution in [2.24, 2.45) is 0 Å². The maximum absolute atomic E-state index is 13.6. The van der Waals surface area contributed by atoms with Crippen molar-refractivity contribution in [2.45, 2.75) is 54.9 Å². The third kappa shape index (κ3) is 3.25. The highest BCUT2D eigenvalue weighted by Crippen LogP contribution is 2.65. The maximum Gasteiger partial charge on any atom is 0.246 e. The predicted molar refractivity (Wildman–Crippen MR) is 134 cm³/mol. The number of rotatable bonds is 5. The molecule has 4 aliphatic rings. The molecule has 2 aromatic carbocycles. The third-order valence-corrected chi connectivity index (χ3v) is 9.11. The molecule has 6 nitrogen and oxygen atoms in total. The first-order valence-electron chi connectivity index (χ1n) is 12.7. The number of hydrogen-bond donors (Lipinski definition) is 2. The van der Waals surface area contributed by atoms with Crippen molar-refractivity contribution in [3.63, 3.8) is 0 Å².